The van der Waals surface area contributed by atoms with Crippen LogP contribution in [0.15, 0.2) is 6.33 Å². The van der Waals surface area contributed by atoms with Gasteiger partial charge in [-0.3, -0.25) is 0 Å². The van der Waals surface area contributed by atoms with Gasteiger partial charge in [0.1, 0.15) is 12.9 Å². The molecule has 0 saturated carbocycles. The molecule has 0 aliphatic rings. The molecule has 0 saturated heterocycles. The van der Waals surface area contributed by atoms with Gasteiger partial charge < -0.3 is 9.47 Å². The van der Waals surface area contributed by atoms with Crippen LogP contribution in [0.1, 0.15) is 0 Å². The highest BCUT2D eigenvalue weighted by Crippen LogP contribution is 1.97. The van der Waals surface area contributed by atoms with Gasteiger partial charge in [-0.2, -0.15) is 4.98 Å². The van der Waals surface area contributed by atoms with E-state index >= 15 is 0 Å². The minimum Gasteiger partial charge on any atom is -0.460 e. The summed E-state index contributed by atoms with van der Waals surface area (Å²) in [7, 11) is 5.11. The van der Waals surface area contributed by atoms with Crippen LogP contribution >= 0.6 is 0 Å². The molecule has 0 aliphatic carbocycles. The summed E-state index contributed by atoms with van der Waals surface area (Å²) < 4.78 is 11.2. The lowest BCUT2D eigenvalue weighted by atomic mass is 10.8. The van der Waals surface area contributed by atoms with Crippen molar-refractivity contribution in [3.05, 3.63) is 13.4 Å². The van der Waals surface area contributed by atoms with E-state index in [4.69, 9.17) is 9.47 Å². The summed E-state index contributed by atoms with van der Waals surface area (Å²) in [6.45, 7) is 0.992. The fourth-order valence-corrected chi connectivity index (χ4v) is 0.560. The highest BCUT2D eigenvalue weighted by Gasteiger charge is 1.96. The Labute approximate surface area is 64.9 Å². The van der Waals surface area contributed by atoms with Gasteiger partial charge in [0, 0.05) is 7.11 Å². The van der Waals surface area contributed by atoms with E-state index in [0.29, 0.717) is 19.2 Å². The van der Waals surface area contributed by atoms with Gasteiger partial charge in [-0.05, 0) is 0 Å². The van der Waals surface area contributed by atoms with Crippen LogP contribution in [-0.4, -0.2) is 35.1 Å². The van der Waals surface area contributed by atoms with Crippen molar-refractivity contribution in [1.82, 2.24) is 14.8 Å². The summed E-state index contributed by atoms with van der Waals surface area (Å²) in [4.78, 5) is 3.80. The number of hydrogen-bond donors (Lipinski definition) is 0. The normalized spacial score (nSPS) is 10.0. The molecule has 1 aromatic rings. The van der Waals surface area contributed by atoms with Crippen LogP contribution in [0.3, 0.4) is 0 Å². The molecule has 11 heavy (non-hydrogen) atoms. The Morgan fingerprint density at radius 3 is 3.00 bits per heavy atom. The third-order valence-electron chi connectivity index (χ3n) is 1.03. The highest BCUT2D eigenvalue weighted by atomic mass is 16.5. The highest BCUT2D eigenvalue weighted by molar-refractivity contribution is 4.87. The van der Waals surface area contributed by atoms with Gasteiger partial charge in [-0.25, -0.2) is 4.68 Å². The Morgan fingerprint density at radius 1 is 1.64 bits per heavy atom. The van der Waals surface area contributed by atoms with Crippen molar-refractivity contribution in [2.75, 3.05) is 20.3 Å². The van der Waals surface area contributed by atoms with E-state index in [2.05, 4.69) is 17.1 Å². The second-order valence-electron chi connectivity index (χ2n) is 1.91. The average Bonchev–Trinajstić information content (AvgIpc) is 2.37. The van der Waals surface area contributed by atoms with Gasteiger partial charge in [-0.1, -0.05) is 0 Å². The first-order valence-corrected chi connectivity index (χ1v) is 3.17. The smallest absolute Gasteiger partial charge is 0.335 e. The van der Waals surface area contributed by atoms with Crippen molar-refractivity contribution in [1.29, 1.82) is 0 Å². The molecule has 0 spiro atoms. The van der Waals surface area contributed by atoms with Crippen LogP contribution < -0.4 is 4.74 Å². The van der Waals surface area contributed by atoms with Crippen molar-refractivity contribution in [2.24, 2.45) is 0 Å². The molecule has 0 N–H and O–H groups in total. The molecule has 0 aromatic carbocycles. The first-order valence-electron chi connectivity index (χ1n) is 3.17. The summed E-state index contributed by atoms with van der Waals surface area (Å²) in [5.74, 6) is 0. The van der Waals surface area contributed by atoms with Crippen LogP contribution in [0.25, 0.3) is 0 Å². The molecule has 0 atom stereocenters. The molecule has 0 unspecified atom stereocenters. The van der Waals surface area contributed by atoms with E-state index in [1.165, 1.54) is 11.0 Å². The van der Waals surface area contributed by atoms with Crippen molar-refractivity contribution < 1.29 is 9.47 Å². The number of rotatable bonds is 4. The summed E-state index contributed by atoms with van der Waals surface area (Å²) in [5, 5.41) is 3.80. The molecule has 0 aliphatic heterocycles. The van der Waals surface area contributed by atoms with Gasteiger partial charge >= 0.3 is 6.01 Å². The molecule has 1 heterocycles. The van der Waals surface area contributed by atoms with E-state index in [1.54, 1.807) is 7.11 Å². The predicted molar refractivity (Wildman–Crippen MR) is 38.1 cm³/mol. The Balaban J connectivity index is 2.27. The average molecular weight is 156 g/mol. The minimum atomic E-state index is 0.331. The third-order valence-corrected chi connectivity index (χ3v) is 1.03. The number of nitrogens with zero attached hydrogens (tertiary/aromatic N) is 3. The fraction of sp³-hybridized carbons (Fsp3) is 0.500. The molecule has 0 fully saturated rings. The molecular formula is C6H10N3O2. The largest absolute Gasteiger partial charge is 0.460 e. The minimum absolute atomic E-state index is 0.331. The molecular weight excluding hydrogens is 146 g/mol. The molecule has 5 heteroatoms. The van der Waals surface area contributed by atoms with Crippen LogP contribution in [0.5, 0.6) is 6.01 Å². The van der Waals surface area contributed by atoms with Gasteiger partial charge in [0.2, 0.25) is 0 Å². The number of methoxy groups -OCH3 is 1. The van der Waals surface area contributed by atoms with Crippen LogP contribution in [0.4, 0.5) is 0 Å². The van der Waals surface area contributed by atoms with Gasteiger partial charge in [-0.15, -0.1) is 5.10 Å². The maximum atomic E-state index is 5.06. The summed E-state index contributed by atoms with van der Waals surface area (Å²) >= 11 is 0. The lowest BCUT2D eigenvalue weighted by Gasteiger charge is -1.98. The van der Waals surface area contributed by atoms with Gasteiger partial charge in [0.15, 0.2) is 0 Å². The summed E-state index contributed by atoms with van der Waals surface area (Å²) in [5.41, 5.74) is 0. The lowest BCUT2D eigenvalue weighted by molar-refractivity contribution is 0.141. The molecule has 0 bridgehead atoms. The molecule has 1 rings (SSSR count). The lowest BCUT2D eigenvalue weighted by Crippen LogP contribution is -2.05. The number of ether oxygens (including phenoxy) is 2. The molecule has 0 amide bonds. The van der Waals surface area contributed by atoms with Crippen molar-refractivity contribution in [3.8, 4) is 6.01 Å². The monoisotopic (exact) mass is 156 g/mol. The fourth-order valence-electron chi connectivity index (χ4n) is 0.560. The van der Waals surface area contributed by atoms with E-state index < -0.39 is 0 Å². The predicted octanol–water partition coefficient (Wildman–Crippen LogP) is -0.0570. The Hall–Kier alpha value is -1.10. The van der Waals surface area contributed by atoms with Crippen LogP contribution in [-0.2, 0) is 4.74 Å². The quantitative estimate of drug-likeness (QED) is 0.573. The number of aromatic nitrogens is 3. The first kappa shape index (κ1) is 8.00. The number of hydrogen-bond acceptors (Lipinski definition) is 4. The van der Waals surface area contributed by atoms with Crippen molar-refractivity contribution in [3.63, 3.8) is 0 Å². The summed E-state index contributed by atoms with van der Waals surface area (Å²) in [6.07, 6.45) is 1.47. The standard InChI is InChI=1S/C6H10N3O2/c1-9-5-7-6(8-9)11-4-3-10-2/h5H,1,3-4H2,2H3. The van der Waals surface area contributed by atoms with Crippen molar-refractivity contribution in [2.45, 2.75) is 0 Å². The van der Waals surface area contributed by atoms with E-state index in [-0.39, 0.29) is 0 Å². The van der Waals surface area contributed by atoms with E-state index in [0.717, 1.165) is 0 Å². The zero-order valence-electron chi connectivity index (χ0n) is 6.36. The maximum absolute atomic E-state index is 5.06. The van der Waals surface area contributed by atoms with Crippen LogP contribution in [0, 0.1) is 7.05 Å². The molecule has 1 aromatic heterocycles. The topological polar surface area (TPSA) is 49.2 Å². The van der Waals surface area contributed by atoms with E-state index in [9.17, 15) is 0 Å². The van der Waals surface area contributed by atoms with Crippen molar-refractivity contribution >= 4 is 0 Å². The zero-order valence-corrected chi connectivity index (χ0v) is 6.36. The molecule has 5 nitrogen and oxygen atoms in total. The summed E-state index contributed by atoms with van der Waals surface area (Å²) in [6, 6.07) is 0.331. The SMILES string of the molecule is [CH2]n1cnc(OCCOC)n1. The Morgan fingerprint density at radius 2 is 2.45 bits per heavy atom. The van der Waals surface area contributed by atoms with Crippen LogP contribution in [0.2, 0.25) is 0 Å². The third kappa shape index (κ3) is 2.55. The first-order chi connectivity index (χ1) is 5.33. The molecule has 1 radical (unpaired) electrons. The Bertz CT molecular complexity index is 211. The van der Waals surface area contributed by atoms with Gasteiger partial charge in [0.05, 0.1) is 13.7 Å². The second kappa shape index (κ2) is 3.92. The maximum Gasteiger partial charge on any atom is 0.335 e. The Kier molecular flexibility index (Phi) is 2.85. The molecule has 61 valence electrons. The zero-order chi connectivity index (χ0) is 8.10. The van der Waals surface area contributed by atoms with Gasteiger partial charge in [0.25, 0.3) is 0 Å². The second-order valence-corrected chi connectivity index (χ2v) is 1.91. The van der Waals surface area contributed by atoms with E-state index in [1.807, 2.05) is 0 Å².